The Balaban J connectivity index is 1.27. The topological polar surface area (TPSA) is 83.2 Å². The molecule has 0 aliphatic carbocycles. The smallest absolute Gasteiger partial charge is 0.305 e. The largest absolute Gasteiger partial charge is 0.487 e. The molecule has 0 spiro atoms. The van der Waals surface area contributed by atoms with Crippen LogP contribution in [0.5, 0.6) is 5.75 Å². The van der Waals surface area contributed by atoms with Crippen LogP contribution in [0.15, 0.2) is 94.5 Å². The summed E-state index contributed by atoms with van der Waals surface area (Å²) in [4.78, 5) is 21.9. The predicted octanol–water partition coefficient (Wildman–Crippen LogP) is 7.66. The lowest BCUT2D eigenvalue weighted by atomic mass is 10.0. The summed E-state index contributed by atoms with van der Waals surface area (Å²) in [6, 6.07) is 27.6. The zero-order chi connectivity index (χ0) is 28.0. The van der Waals surface area contributed by atoms with E-state index >= 15 is 0 Å². The molecule has 3 aromatic carbocycles. The Morgan fingerprint density at radius 3 is 2.27 bits per heavy atom. The van der Waals surface area contributed by atoms with Crippen LogP contribution in [-0.2, 0) is 27.6 Å². The highest BCUT2D eigenvalue weighted by Crippen LogP contribution is 2.23. The second-order valence-electron chi connectivity index (χ2n) is 9.36. The molecule has 0 radical (unpaired) electrons. The lowest BCUT2D eigenvalue weighted by Crippen LogP contribution is -2.05. The van der Waals surface area contributed by atoms with Gasteiger partial charge in [-0.3, -0.25) is 4.79 Å². The van der Waals surface area contributed by atoms with Gasteiger partial charge in [-0.2, -0.15) is 0 Å². The summed E-state index contributed by atoms with van der Waals surface area (Å²) in [6.45, 7) is 4.82. The molecule has 1 heterocycles. The first-order chi connectivity index (χ1) is 19.6. The van der Waals surface area contributed by atoms with Gasteiger partial charge in [-0.05, 0) is 68.5 Å². The minimum atomic E-state index is -0.135. The summed E-state index contributed by atoms with van der Waals surface area (Å²) in [6.07, 6.45) is 3.87. The summed E-state index contributed by atoms with van der Waals surface area (Å²) in [7, 11) is 0. The number of aryl methyl sites for hydroxylation is 1. The average Bonchev–Trinajstić information content (AvgIpc) is 3.37. The molecule has 0 aliphatic rings. The van der Waals surface area contributed by atoms with Gasteiger partial charge in [-0.15, -0.1) is 0 Å². The summed E-state index contributed by atoms with van der Waals surface area (Å²) in [5.41, 5.74) is 4.63. The molecule has 7 nitrogen and oxygen atoms in total. The molecule has 1 aromatic heterocycles. The number of nitrogens with zero attached hydrogens (tertiary/aromatic N) is 2. The minimum Gasteiger partial charge on any atom is -0.487 e. The van der Waals surface area contributed by atoms with E-state index in [0.717, 1.165) is 65.3 Å². The Bertz CT molecular complexity index is 1350. The molecule has 0 bridgehead atoms. The Kier molecular flexibility index (Phi) is 10.9. The number of carbonyl (C=O) groups is 1. The molecule has 0 unspecified atom stereocenters. The van der Waals surface area contributed by atoms with Crippen molar-refractivity contribution >= 4 is 11.7 Å². The average molecular weight is 541 g/mol. The molecule has 7 heteroatoms. The van der Waals surface area contributed by atoms with Crippen LogP contribution in [0, 0.1) is 6.92 Å². The second kappa shape index (κ2) is 15.3. The third-order valence-corrected chi connectivity index (χ3v) is 6.33. The van der Waals surface area contributed by atoms with Crippen molar-refractivity contribution in [3.63, 3.8) is 0 Å². The number of aromatic nitrogens is 1. The SMILES string of the molecule is CCOC(=O)CCCCCC(=NOCc1ccc(OCc2nc(-c3ccccc3)oc2C)cc1)c1ccccc1. The van der Waals surface area contributed by atoms with Crippen LogP contribution in [0.25, 0.3) is 11.5 Å². The molecular weight excluding hydrogens is 504 g/mol. The van der Waals surface area contributed by atoms with E-state index in [1.54, 1.807) is 0 Å². The van der Waals surface area contributed by atoms with E-state index in [-0.39, 0.29) is 5.97 Å². The van der Waals surface area contributed by atoms with Crippen LogP contribution < -0.4 is 4.74 Å². The van der Waals surface area contributed by atoms with E-state index in [9.17, 15) is 4.79 Å². The number of rotatable bonds is 15. The Morgan fingerprint density at radius 1 is 0.850 bits per heavy atom. The van der Waals surface area contributed by atoms with Crippen molar-refractivity contribution in [3.8, 4) is 17.2 Å². The number of oxime groups is 1. The monoisotopic (exact) mass is 540 g/mol. The number of esters is 1. The molecule has 0 amide bonds. The van der Waals surface area contributed by atoms with Gasteiger partial charge < -0.3 is 18.7 Å². The lowest BCUT2D eigenvalue weighted by Gasteiger charge is -2.09. The maximum atomic E-state index is 11.5. The van der Waals surface area contributed by atoms with Crippen molar-refractivity contribution in [2.75, 3.05) is 6.61 Å². The van der Waals surface area contributed by atoms with E-state index in [4.69, 9.17) is 18.7 Å². The zero-order valence-corrected chi connectivity index (χ0v) is 23.2. The number of hydrogen-bond acceptors (Lipinski definition) is 7. The van der Waals surface area contributed by atoms with Crippen molar-refractivity contribution in [2.45, 2.75) is 59.2 Å². The highest BCUT2D eigenvalue weighted by Gasteiger charge is 2.12. The van der Waals surface area contributed by atoms with Gasteiger partial charge in [-0.1, -0.05) is 72.2 Å². The van der Waals surface area contributed by atoms with Crippen LogP contribution in [0.4, 0.5) is 0 Å². The first-order valence-corrected chi connectivity index (χ1v) is 13.8. The lowest BCUT2D eigenvalue weighted by molar-refractivity contribution is -0.143. The van der Waals surface area contributed by atoms with E-state index in [1.165, 1.54) is 0 Å². The Morgan fingerprint density at radius 2 is 1.55 bits per heavy atom. The third kappa shape index (κ3) is 8.83. The molecule has 4 aromatic rings. The first-order valence-electron chi connectivity index (χ1n) is 13.8. The standard InChI is InChI=1S/C33H36N2O5/c1-3-37-32(36)18-12-6-11-17-30(27-13-7-4-8-14-27)35-39-23-26-19-21-29(22-20-26)38-24-31-25(2)40-33(34-31)28-15-9-5-10-16-28/h4-5,7-10,13-16,19-22H,3,6,11-12,17-18,23-24H2,1-2H3. The predicted molar refractivity (Wildman–Crippen MR) is 155 cm³/mol. The second-order valence-corrected chi connectivity index (χ2v) is 9.36. The molecule has 0 aliphatic heterocycles. The van der Waals surface area contributed by atoms with Gasteiger partial charge in [-0.25, -0.2) is 4.98 Å². The van der Waals surface area contributed by atoms with Gasteiger partial charge in [0.1, 0.15) is 30.4 Å². The van der Waals surface area contributed by atoms with Gasteiger partial charge in [0.05, 0.1) is 12.3 Å². The summed E-state index contributed by atoms with van der Waals surface area (Å²) in [5.74, 6) is 1.94. The van der Waals surface area contributed by atoms with E-state index in [1.807, 2.05) is 98.8 Å². The van der Waals surface area contributed by atoms with Crippen molar-refractivity contribution in [3.05, 3.63) is 108 Å². The normalized spacial score (nSPS) is 11.3. The molecule has 0 atom stereocenters. The first kappa shape index (κ1) is 28.6. The van der Waals surface area contributed by atoms with Gasteiger partial charge in [0.25, 0.3) is 0 Å². The molecule has 0 fully saturated rings. The maximum Gasteiger partial charge on any atom is 0.305 e. The zero-order valence-electron chi connectivity index (χ0n) is 23.2. The fourth-order valence-corrected chi connectivity index (χ4v) is 4.13. The summed E-state index contributed by atoms with van der Waals surface area (Å²) < 4.78 is 16.8. The highest BCUT2D eigenvalue weighted by molar-refractivity contribution is 6.00. The number of oxazole rings is 1. The quantitative estimate of drug-likeness (QED) is 0.0666. The van der Waals surface area contributed by atoms with Crippen LogP contribution in [0.1, 0.15) is 61.6 Å². The molecule has 0 saturated heterocycles. The molecule has 4 rings (SSSR count). The Labute approximate surface area is 235 Å². The van der Waals surface area contributed by atoms with E-state index in [2.05, 4.69) is 10.1 Å². The van der Waals surface area contributed by atoms with Gasteiger partial charge in [0.15, 0.2) is 0 Å². The van der Waals surface area contributed by atoms with Crippen molar-refractivity contribution in [1.29, 1.82) is 0 Å². The van der Waals surface area contributed by atoms with Crippen molar-refractivity contribution in [2.24, 2.45) is 5.16 Å². The third-order valence-electron chi connectivity index (χ3n) is 6.33. The number of carbonyl (C=O) groups excluding carboxylic acids is 1. The maximum absolute atomic E-state index is 11.5. The molecule has 208 valence electrons. The van der Waals surface area contributed by atoms with Gasteiger partial charge >= 0.3 is 5.97 Å². The number of unbranched alkanes of at least 4 members (excludes halogenated alkanes) is 2. The fourth-order valence-electron chi connectivity index (χ4n) is 4.13. The van der Waals surface area contributed by atoms with Crippen LogP contribution in [0.2, 0.25) is 0 Å². The summed E-state index contributed by atoms with van der Waals surface area (Å²) >= 11 is 0. The molecule has 0 saturated carbocycles. The minimum absolute atomic E-state index is 0.135. The number of hydrogen-bond donors (Lipinski definition) is 0. The van der Waals surface area contributed by atoms with Crippen LogP contribution in [-0.4, -0.2) is 23.3 Å². The van der Waals surface area contributed by atoms with E-state index in [0.29, 0.717) is 32.1 Å². The van der Waals surface area contributed by atoms with Crippen LogP contribution in [0.3, 0.4) is 0 Å². The summed E-state index contributed by atoms with van der Waals surface area (Å²) in [5, 5.41) is 4.46. The molecule has 40 heavy (non-hydrogen) atoms. The Hall–Kier alpha value is -4.39. The van der Waals surface area contributed by atoms with E-state index < -0.39 is 0 Å². The van der Waals surface area contributed by atoms with Gasteiger partial charge in [0.2, 0.25) is 5.89 Å². The van der Waals surface area contributed by atoms with Gasteiger partial charge in [0, 0.05) is 12.0 Å². The highest BCUT2D eigenvalue weighted by atomic mass is 16.6. The molecular formula is C33H36N2O5. The fraction of sp³-hybridized carbons (Fsp3) is 0.303. The van der Waals surface area contributed by atoms with Crippen molar-refractivity contribution in [1.82, 2.24) is 4.98 Å². The van der Waals surface area contributed by atoms with Crippen LogP contribution >= 0.6 is 0 Å². The number of benzene rings is 3. The van der Waals surface area contributed by atoms with Crippen molar-refractivity contribution < 1.29 is 23.5 Å². The molecule has 0 N–H and O–H groups in total. The number of ether oxygens (including phenoxy) is 2.